The lowest BCUT2D eigenvalue weighted by molar-refractivity contribution is -0.383. The van der Waals surface area contributed by atoms with Crippen molar-refractivity contribution in [3.8, 4) is 0 Å². The molecule has 0 radical (unpaired) electrons. The van der Waals surface area contributed by atoms with E-state index in [4.69, 9.17) is 0 Å². The van der Waals surface area contributed by atoms with Gasteiger partial charge in [0.15, 0.2) is 0 Å². The summed E-state index contributed by atoms with van der Waals surface area (Å²) in [5, 5.41) is 22.5. The Morgan fingerprint density at radius 1 is 1.32 bits per heavy atom. The van der Waals surface area contributed by atoms with E-state index in [1.165, 1.54) is 18.2 Å². The maximum absolute atomic E-state index is 12.0. The molecule has 0 bridgehead atoms. The van der Waals surface area contributed by atoms with Gasteiger partial charge in [0, 0.05) is 6.07 Å². The van der Waals surface area contributed by atoms with E-state index >= 15 is 0 Å². The highest BCUT2D eigenvalue weighted by Crippen LogP contribution is 2.23. The van der Waals surface area contributed by atoms with E-state index in [0.29, 0.717) is 13.1 Å². The number of likely N-dealkylation sites (N-methyl/N-ethyl adjacent to an activating group) is 1. The molecule has 1 rings (SSSR count). The normalized spacial score (nSPS) is 12.0. The Bertz CT molecular complexity index is 557. The largest absolute Gasteiger partial charge is 0.480 e. The lowest BCUT2D eigenvalue weighted by atomic mass is 10.1. The molecule has 0 spiro atoms. The summed E-state index contributed by atoms with van der Waals surface area (Å²) in [6.07, 6.45) is -0.275. The third-order valence-electron chi connectivity index (χ3n) is 3.29. The molecule has 0 fully saturated rings. The van der Waals surface area contributed by atoms with Gasteiger partial charge < -0.3 is 10.4 Å². The van der Waals surface area contributed by atoms with Crippen LogP contribution in [0.1, 0.15) is 20.3 Å². The monoisotopic (exact) mass is 309 g/mol. The predicted molar refractivity (Wildman–Crippen MR) is 80.7 cm³/mol. The van der Waals surface area contributed by atoms with E-state index in [9.17, 15) is 24.8 Å². The molecule has 1 aromatic carbocycles. The van der Waals surface area contributed by atoms with E-state index in [2.05, 4.69) is 5.32 Å². The summed E-state index contributed by atoms with van der Waals surface area (Å²) >= 11 is 0. The van der Waals surface area contributed by atoms with E-state index in [1.807, 2.05) is 0 Å². The maximum atomic E-state index is 12.0. The number of nitro benzene ring substituents is 1. The molecule has 0 heterocycles. The molecule has 1 atom stereocenters. The number of hydrogen-bond acceptors (Lipinski definition) is 5. The molecule has 0 saturated heterocycles. The third-order valence-corrected chi connectivity index (χ3v) is 3.29. The molecule has 2 N–H and O–H groups in total. The minimum atomic E-state index is -1.10. The van der Waals surface area contributed by atoms with Crippen LogP contribution in [0.3, 0.4) is 0 Å². The predicted octanol–water partition coefficient (Wildman–Crippen LogP) is 1.72. The first-order valence-corrected chi connectivity index (χ1v) is 6.90. The van der Waals surface area contributed by atoms with Gasteiger partial charge >= 0.3 is 5.97 Å². The molecule has 1 unspecified atom stereocenters. The van der Waals surface area contributed by atoms with Crippen molar-refractivity contribution in [1.29, 1.82) is 0 Å². The van der Waals surface area contributed by atoms with Gasteiger partial charge in [0.1, 0.15) is 11.7 Å². The zero-order valence-electron chi connectivity index (χ0n) is 12.5. The van der Waals surface area contributed by atoms with Crippen molar-refractivity contribution in [2.45, 2.75) is 26.3 Å². The molecule has 0 saturated carbocycles. The quantitative estimate of drug-likeness (QED) is 0.558. The third kappa shape index (κ3) is 4.52. The van der Waals surface area contributed by atoms with E-state index in [1.54, 1.807) is 24.8 Å². The summed E-state index contributed by atoms with van der Waals surface area (Å²) < 4.78 is 0. The second kappa shape index (κ2) is 8.08. The molecule has 22 heavy (non-hydrogen) atoms. The number of carbonyl (C=O) groups is 2. The molecule has 1 amide bonds. The van der Waals surface area contributed by atoms with Crippen LogP contribution >= 0.6 is 0 Å². The highest BCUT2D eigenvalue weighted by molar-refractivity contribution is 5.95. The van der Waals surface area contributed by atoms with Gasteiger partial charge in [-0.2, -0.15) is 0 Å². The van der Waals surface area contributed by atoms with Crippen molar-refractivity contribution >= 4 is 23.3 Å². The molecule has 120 valence electrons. The first-order valence-electron chi connectivity index (χ1n) is 6.90. The molecule has 0 aliphatic heterocycles. The number of aliphatic carboxylic acids is 1. The maximum Gasteiger partial charge on any atom is 0.321 e. The molecular weight excluding hydrogens is 290 g/mol. The fraction of sp³-hybridized carbons (Fsp3) is 0.429. The fourth-order valence-electron chi connectivity index (χ4n) is 2.15. The number of benzene rings is 1. The number of amides is 1. The average molecular weight is 309 g/mol. The van der Waals surface area contributed by atoms with Crippen LogP contribution in [0.4, 0.5) is 11.4 Å². The van der Waals surface area contributed by atoms with E-state index < -0.39 is 22.8 Å². The first kappa shape index (κ1) is 17.6. The second-order valence-corrected chi connectivity index (χ2v) is 4.60. The van der Waals surface area contributed by atoms with Gasteiger partial charge in [-0.05, 0) is 19.2 Å². The molecule has 8 heteroatoms. The van der Waals surface area contributed by atoms with Crippen molar-refractivity contribution in [2.75, 3.05) is 18.4 Å². The fourth-order valence-corrected chi connectivity index (χ4v) is 2.15. The topological polar surface area (TPSA) is 113 Å². The summed E-state index contributed by atoms with van der Waals surface area (Å²) in [5.74, 6) is -1.67. The van der Waals surface area contributed by atoms with Gasteiger partial charge in [-0.15, -0.1) is 0 Å². The molecular formula is C14H19N3O5. The van der Waals surface area contributed by atoms with Crippen LogP contribution in [0.15, 0.2) is 24.3 Å². The average Bonchev–Trinajstić information content (AvgIpc) is 2.47. The molecule has 0 aliphatic rings. The standard InChI is InChI=1S/C14H19N3O5/c1-3-16(4-2)12(14(19)20)9-13(18)15-10-7-5-6-8-11(10)17(21)22/h5-8,12H,3-4,9H2,1-2H3,(H,15,18)(H,19,20). The van der Waals surface area contributed by atoms with Crippen LogP contribution < -0.4 is 5.32 Å². The van der Waals surface area contributed by atoms with Crippen molar-refractivity contribution < 1.29 is 19.6 Å². The number of anilines is 1. The number of carboxylic acid groups (broad SMARTS) is 1. The molecule has 0 aliphatic carbocycles. The van der Waals surface area contributed by atoms with Crippen molar-refractivity contribution in [2.24, 2.45) is 0 Å². The summed E-state index contributed by atoms with van der Waals surface area (Å²) in [6, 6.07) is 4.77. The second-order valence-electron chi connectivity index (χ2n) is 4.60. The number of carbonyl (C=O) groups excluding carboxylic acids is 1. The van der Waals surface area contributed by atoms with Crippen molar-refractivity contribution in [3.05, 3.63) is 34.4 Å². The van der Waals surface area contributed by atoms with Crippen LogP contribution in [-0.2, 0) is 9.59 Å². The van der Waals surface area contributed by atoms with Crippen LogP contribution in [0.5, 0.6) is 0 Å². The zero-order chi connectivity index (χ0) is 16.7. The van der Waals surface area contributed by atoms with Crippen molar-refractivity contribution in [3.63, 3.8) is 0 Å². The zero-order valence-corrected chi connectivity index (χ0v) is 12.5. The summed E-state index contributed by atoms with van der Waals surface area (Å²) in [5.41, 5.74) is -0.174. The number of nitrogens with one attached hydrogen (secondary N) is 1. The SMILES string of the molecule is CCN(CC)C(CC(=O)Nc1ccccc1[N+](=O)[O-])C(=O)O. The Balaban J connectivity index is 2.85. The Kier molecular flexibility index (Phi) is 6.46. The smallest absolute Gasteiger partial charge is 0.321 e. The number of para-hydroxylation sites is 2. The summed E-state index contributed by atoms with van der Waals surface area (Å²) in [6.45, 7) is 4.59. The van der Waals surface area contributed by atoms with Crippen LogP contribution in [-0.4, -0.2) is 45.9 Å². The lowest BCUT2D eigenvalue weighted by Crippen LogP contribution is -2.43. The number of carboxylic acids is 1. The Hall–Kier alpha value is -2.48. The minimum absolute atomic E-state index is 0.0567. The van der Waals surface area contributed by atoms with E-state index in [-0.39, 0.29) is 17.8 Å². The Labute approximate surface area is 127 Å². The molecule has 1 aromatic rings. The Morgan fingerprint density at radius 2 is 1.91 bits per heavy atom. The molecule has 8 nitrogen and oxygen atoms in total. The van der Waals surface area contributed by atoms with Gasteiger partial charge in [0.2, 0.25) is 5.91 Å². The van der Waals surface area contributed by atoms with Gasteiger partial charge in [0.05, 0.1) is 11.3 Å². The van der Waals surface area contributed by atoms with Gasteiger partial charge in [-0.1, -0.05) is 26.0 Å². The number of rotatable bonds is 8. The van der Waals surface area contributed by atoms with Gasteiger partial charge in [-0.3, -0.25) is 24.6 Å². The first-order chi connectivity index (χ1) is 10.4. The summed E-state index contributed by atoms with van der Waals surface area (Å²) in [4.78, 5) is 35.2. The van der Waals surface area contributed by atoms with Crippen molar-refractivity contribution in [1.82, 2.24) is 4.90 Å². The van der Waals surface area contributed by atoms with Crippen LogP contribution in [0.25, 0.3) is 0 Å². The van der Waals surface area contributed by atoms with Gasteiger partial charge in [0.25, 0.3) is 5.69 Å². The summed E-state index contributed by atoms with van der Waals surface area (Å²) in [7, 11) is 0. The van der Waals surface area contributed by atoms with Crippen LogP contribution in [0, 0.1) is 10.1 Å². The number of nitrogens with zero attached hydrogens (tertiary/aromatic N) is 2. The van der Waals surface area contributed by atoms with E-state index in [0.717, 1.165) is 0 Å². The molecule has 0 aromatic heterocycles. The number of nitro groups is 1. The minimum Gasteiger partial charge on any atom is -0.480 e. The Morgan fingerprint density at radius 3 is 2.41 bits per heavy atom. The van der Waals surface area contributed by atoms with Crippen LogP contribution in [0.2, 0.25) is 0 Å². The highest BCUT2D eigenvalue weighted by Gasteiger charge is 2.27. The highest BCUT2D eigenvalue weighted by atomic mass is 16.6. The lowest BCUT2D eigenvalue weighted by Gasteiger charge is -2.25. The van der Waals surface area contributed by atoms with Gasteiger partial charge in [-0.25, -0.2) is 0 Å². The number of hydrogen-bond donors (Lipinski definition) is 2.